The van der Waals surface area contributed by atoms with Gasteiger partial charge in [0.05, 0.1) is 4.91 Å². The van der Waals surface area contributed by atoms with E-state index in [0.717, 1.165) is 23.3 Å². The fourth-order valence-corrected chi connectivity index (χ4v) is 4.46. The summed E-state index contributed by atoms with van der Waals surface area (Å²) in [6.45, 7) is 2.59. The minimum absolute atomic E-state index is 0.0205. The minimum atomic E-state index is -0.104. The van der Waals surface area contributed by atoms with Gasteiger partial charge in [0.2, 0.25) is 0 Å². The van der Waals surface area contributed by atoms with E-state index in [1.807, 2.05) is 55.5 Å². The largest absolute Gasteiger partial charge is 0.485 e. The van der Waals surface area contributed by atoms with Crippen LogP contribution in [0.2, 0.25) is 0 Å². The van der Waals surface area contributed by atoms with Crippen molar-refractivity contribution in [1.82, 2.24) is 4.90 Å². The van der Waals surface area contributed by atoms with Crippen LogP contribution >= 0.6 is 24.0 Å². The Bertz CT molecular complexity index is 950. The van der Waals surface area contributed by atoms with Crippen molar-refractivity contribution < 1.29 is 9.53 Å². The molecule has 2 heterocycles. The smallest absolute Gasteiger partial charge is 0.266 e. The third-order valence-corrected chi connectivity index (χ3v) is 6.03. The molecule has 2 aromatic carbocycles. The third kappa shape index (κ3) is 3.84. The van der Waals surface area contributed by atoms with E-state index in [1.54, 1.807) is 4.90 Å². The fraction of sp³-hybridized carbons (Fsp3) is 0.182. The molecule has 136 valence electrons. The van der Waals surface area contributed by atoms with Gasteiger partial charge in [-0.25, -0.2) is 0 Å². The normalized spacial score (nSPS) is 20.5. The van der Waals surface area contributed by atoms with Crippen molar-refractivity contribution in [2.75, 3.05) is 6.54 Å². The van der Waals surface area contributed by atoms with Gasteiger partial charge in [0, 0.05) is 12.1 Å². The lowest BCUT2D eigenvalue weighted by atomic mass is 10.0. The summed E-state index contributed by atoms with van der Waals surface area (Å²) in [4.78, 5) is 15.2. The second-order valence-electron chi connectivity index (χ2n) is 6.51. The molecular weight excluding hydrogens is 374 g/mol. The first-order valence-corrected chi connectivity index (χ1v) is 10.1. The molecule has 1 atom stereocenters. The van der Waals surface area contributed by atoms with Gasteiger partial charge in [-0.3, -0.25) is 9.69 Å². The number of carbonyl (C=O) groups excluding carboxylic acids is 1. The van der Waals surface area contributed by atoms with Crippen molar-refractivity contribution in [3.8, 4) is 5.75 Å². The van der Waals surface area contributed by atoms with Crippen LogP contribution in [-0.4, -0.2) is 27.8 Å². The van der Waals surface area contributed by atoms with E-state index < -0.39 is 0 Å². The highest BCUT2D eigenvalue weighted by Gasteiger charge is 2.32. The van der Waals surface area contributed by atoms with Gasteiger partial charge < -0.3 is 4.74 Å². The molecule has 3 nitrogen and oxygen atoms in total. The summed E-state index contributed by atoms with van der Waals surface area (Å²) in [7, 11) is 0. The monoisotopic (exact) mass is 393 g/mol. The van der Waals surface area contributed by atoms with Crippen molar-refractivity contribution in [3.63, 3.8) is 0 Å². The van der Waals surface area contributed by atoms with E-state index in [9.17, 15) is 4.79 Å². The number of hydrogen-bond donors (Lipinski definition) is 0. The zero-order chi connectivity index (χ0) is 18.8. The van der Waals surface area contributed by atoms with Gasteiger partial charge in [0.25, 0.3) is 5.91 Å². The number of rotatable bonds is 4. The van der Waals surface area contributed by atoms with Crippen LogP contribution in [0.25, 0.3) is 6.08 Å². The number of hydrogen-bond acceptors (Lipinski definition) is 4. The molecule has 0 radical (unpaired) electrons. The van der Waals surface area contributed by atoms with Gasteiger partial charge in [0.15, 0.2) is 0 Å². The molecule has 1 amide bonds. The topological polar surface area (TPSA) is 29.5 Å². The van der Waals surface area contributed by atoms with E-state index in [1.165, 1.54) is 17.3 Å². The van der Waals surface area contributed by atoms with Crippen LogP contribution in [0.3, 0.4) is 0 Å². The van der Waals surface area contributed by atoms with Crippen molar-refractivity contribution in [3.05, 3.63) is 82.3 Å². The molecule has 27 heavy (non-hydrogen) atoms. The van der Waals surface area contributed by atoms with Crippen LogP contribution in [0.4, 0.5) is 0 Å². The molecule has 1 unspecified atom stereocenters. The van der Waals surface area contributed by atoms with Gasteiger partial charge in [-0.2, -0.15) is 0 Å². The number of ether oxygens (including phenoxy) is 1. The maximum Gasteiger partial charge on any atom is 0.266 e. The summed E-state index contributed by atoms with van der Waals surface area (Å²) in [5.74, 6) is 0.852. The van der Waals surface area contributed by atoms with Crippen molar-refractivity contribution in [2.24, 2.45) is 0 Å². The quantitative estimate of drug-likeness (QED) is 0.549. The van der Waals surface area contributed by atoms with E-state index in [-0.39, 0.29) is 12.0 Å². The molecule has 4 rings (SSSR count). The Balaban J connectivity index is 1.52. The summed E-state index contributed by atoms with van der Waals surface area (Å²) >= 11 is 6.81. The van der Waals surface area contributed by atoms with E-state index in [0.29, 0.717) is 15.8 Å². The minimum Gasteiger partial charge on any atom is -0.485 e. The summed E-state index contributed by atoms with van der Waals surface area (Å²) in [6.07, 6.45) is 4.69. The van der Waals surface area contributed by atoms with Crippen LogP contribution in [0.15, 0.2) is 71.2 Å². The maximum absolute atomic E-state index is 12.8. The Morgan fingerprint density at radius 2 is 1.89 bits per heavy atom. The SMILES string of the molecule is CC1Oc2ccccc2C=C1/C=C1/SC(=S)N(CCc2ccccc2)C1=O. The van der Waals surface area contributed by atoms with Gasteiger partial charge >= 0.3 is 0 Å². The molecule has 2 aliphatic rings. The molecule has 1 fully saturated rings. The Kier molecular flexibility index (Phi) is 5.14. The molecule has 0 bridgehead atoms. The van der Waals surface area contributed by atoms with Crippen LogP contribution in [-0.2, 0) is 11.2 Å². The predicted octanol–water partition coefficient (Wildman–Crippen LogP) is 4.84. The summed E-state index contributed by atoms with van der Waals surface area (Å²) < 4.78 is 6.59. The number of thiocarbonyl (C=S) groups is 1. The zero-order valence-electron chi connectivity index (χ0n) is 14.9. The highest BCUT2D eigenvalue weighted by atomic mass is 32.2. The van der Waals surface area contributed by atoms with Crippen LogP contribution < -0.4 is 4.74 Å². The van der Waals surface area contributed by atoms with Gasteiger partial charge in [-0.1, -0.05) is 72.5 Å². The first-order valence-electron chi connectivity index (χ1n) is 8.88. The van der Waals surface area contributed by atoms with Gasteiger partial charge in [0.1, 0.15) is 16.2 Å². The summed E-state index contributed by atoms with van der Waals surface area (Å²) in [5.41, 5.74) is 3.21. The Hall–Kier alpha value is -2.37. The molecular formula is C22H19NO2S2. The highest BCUT2D eigenvalue weighted by Crippen LogP contribution is 2.35. The number of carbonyl (C=O) groups is 1. The molecule has 0 saturated carbocycles. The second kappa shape index (κ2) is 7.71. The van der Waals surface area contributed by atoms with Crippen molar-refractivity contribution in [1.29, 1.82) is 0 Å². The molecule has 0 N–H and O–H groups in total. The number of benzene rings is 2. The third-order valence-electron chi connectivity index (χ3n) is 4.65. The zero-order valence-corrected chi connectivity index (χ0v) is 16.6. The van der Waals surface area contributed by atoms with Crippen molar-refractivity contribution in [2.45, 2.75) is 19.4 Å². The summed E-state index contributed by atoms with van der Waals surface area (Å²) in [5, 5.41) is 0. The summed E-state index contributed by atoms with van der Waals surface area (Å²) in [6, 6.07) is 18.1. The van der Waals surface area contributed by atoms with Crippen molar-refractivity contribution >= 4 is 40.3 Å². The van der Waals surface area contributed by atoms with Gasteiger partial charge in [-0.15, -0.1) is 0 Å². The average Bonchev–Trinajstić information content (AvgIpc) is 2.94. The van der Waals surface area contributed by atoms with E-state index in [4.69, 9.17) is 17.0 Å². The molecule has 1 saturated heterocycles. The Morgan fingerprint density at radius 3 is 2.70 bits per heavy atom. The fourth-order valence-electron chi connectivity index (χ4n) is 3.15. The molecule has 0 aliphatic carbocycles. The highest BCUT2D eigenvalue weighted by molar-refractivity contribution is 8.26. The van der Waals surface area contributed by atoms with E-state index in [2.05, 4.69) is 18.2 Å². The molecule has 0 spiro atoms. The number of amides is 1. The van der Waals surface area contributed by atoms with Crippen LogP contribution in [0.5, 0.6) is 5.75 Å². The first kappa shape index (κ1) is 18.0. The Morgan fingerprint density at radius 1 is 1.15 bits per heavy atom. The lowest BCUT2D eigenvalue weighted by molar-refractivity contribution is -0.122. The van der Waals surface area contributed by atoms with Crippen LogP contribution in [0, 0.1) is 0 Å². The average molecular weight is 394 g/mol. The predicted molar refractivity (Wildman–Crippen MR) is 115 cm³/mol. The molecule has 2 aliphatic heterocycles. The van der Waals surface area contributed by atoms with E-state index >= 15 is 0 Å². The number of fused-ring (bicyclic) bond motifs is 1. The molecule has 0 aromatic heterocycles. The number of nitrogens with zero attached hydrogens (tertiary/aromatic N) is 1. The standard InChI is InChI=1S/C22H19NO2S2/c1-15-18(13-17-9-5-6-10-19(17)25-15)14-20-21(24)23(22(26)27-20)12-11-16-7-3-2-4-8-16/h2-10,13-15H,11-12H2,1H3/b20-14+. The lowest BCUT2D eigenvalue weighted by Crippen LogP contribution is -2.30. The van der Waals surface area contributed by atoms with Crippen LogP contribution in [0.1, 0.15) is 18.1 Å². The Labute approximate surface area is 168 Å². The maximum atomic E-state index is 12.8. The lowest BCUT2D eigenvalue weighted by Gasteiger charge is -2.23. The number of para-hydroxylation sites is 1. The second-order valence-corrected chi connectivity index (χ2v) is 8.19. The molecule has 5 heteroatoms. The van der Waals surface area contributed by atoms with Gasteiger partial charge in [-0.05, 0) is 42.7 Å². The number of thioether (sulfide) groups is 1. The first-order chi connectivity index (χ1) is 13.1. The molecule has 2 aromatic rings.